The number of fused-ring (bicyclic) bond motifs is 1. The molecule has 2 aromatic heterocycles. The fraction of sp³-hybridized carbons (Fsp3) is 0.200. The van der Waals surface area contributed by atoms with Crippen molar-refractivity contribution in [2.24, 2.45) is 0 Å². The van der Waals surface area contributed by atoms with Crippen LogP contribution in [0.3, 0.4) is 0 Å². The Morgan fingerprint density at radius 2 is 2.14 bits per heavy atom. The van der Waals surface area contributed by atoms with Crippen LogP contribution in [0.25, 0.3) is 15.9 Å². The third kappa shape index (κ3) is 2.43. The largest absolute Gasteiger partial charge is 0.492 e. The zero-order chi connectivity index (χ0) is 14.8. The van der Waals surface area contributed by atoms with Crippen LogP contribution in [0.5, 0.6) is 5.75 Å². The maximum absolute atomic E-state index is 12.7. The summed E-state index contributed by atoms with van der Waals surface area (Å²) in [6, 6.07) is 9.19. The van der Waals surface area contributed by atoms with E-state index in [0.717, 1.165) is 0 Å². The van der Waals surface area contributed by atoms with Gasteiger partial charge in [-0.3, -0.25) is 9.36 Å². The van der Waals surface area contributed by atoms with Crippen LogP contribution < -0.4 is 10.3 Å². The van der Waals surface area contributed by atoms with Gasteiger partial charge in [-0.15, -0.1) is 22.9 Å². The maximum Gasteiger partial charge on any atom is 0.267 e. The molecule has 4 nitrogen and oxygen atoms in total. The van der Waals surface area contributed by atoms with Crippen LogP contribution in [-0.2, 0) is 5.88 Å². The normalized spacial score (nSPS) is 11.0. The Balaban J connectivity index is 2.34. The summed E-state index contributed by atoms with van der Waals surface area (Å²) in [4.78, 5) is 17.9. The molecule has 0 N–H and O–H groups in total. The van der Waals surface area contributed by atoms with Gasteiger partial charge in [0.2, 0.25) is 0 Å². The minimum atomic E-state index is -0.121. The summed E-state index contributed by atoms with van der Waals surface area (Å²) in [5, 5.41) is 2.45. The Morgan fingerprint density at radius 3 is 2.90 bits per heavy atom. The highest BCUT2D eigenvalue weighted by molar-refractivity contribution is 7.16. The fourth-order valence-electron chi connectivity index (χ4n) is 2.21. The molecule has 0 saturated carbocycles. The predicted molar refractivity (Wildman–Crippen MR) is 85.9 cm³/mol. The van der Waals surface area contributed by atoms with Crippen LogP contribution >= 0.6 is 22.9 Å². The van der Waals surface area contributed by atoms with E-state index in [2.05, 4.69) is 4.98 Å². The van der Waals surface area contributed by atoms with Crippen molar-refractivity contribution in [3.05, 3.63) is 51.9 Å². The highest BCUT2D eigenvalue weighted by Gasteiger charge is 2.15. The van der Waals surface area contributed by atoms with Crippen LogP contribution in [-0.4, -0.2) is 16.2 Å². The van der Waals surface area contributed by atoms with Gasteiger partial charge in [-0.1, -0.05) is 12.1 Å². The van der Waals surface area contributed by atoms with Gasteiger partial charge < -0.3 is 4.74 Å². The van der Waals surface area contributed by atoms with Crippen molar-refractivity contribution < 1.29 is 4.74 Å². The molecule has 0 fully saturated rings. The van der Waals surface area contributed by atoms with Crippen LogP contribution in [0, 0.1) is 0 Å². The van der Waals surface area contributed by atoms with Gasteiger partial charge in [0.1, 0.15) is 16.4 Å². The van der Waals surface area contributed by atoms with E-state index in [4.69, 9.17) is 16.3 Å². The van der Waals surface area contributed by atoms with Gasteiger partial charge in [0.05, 0.1) is 23.6 Å². The van der Waals surface area contributed by atoms with Gasteiger partial charge >= 0.3 is 0 Å². The third-order valence-corrected chi connectivity index (χ3v) is 4.14. The first-order valence-electron chi connectivity index (χ1n) is 6.53. The van der Waals surface area contributed by atoms with Gasteiger partial charge in [-0.2, -0.15) is 0 Å². The second-order valence-corrected chi connectivity index (χ2v) is 5.50. The van der Waals surface area contributed by atoms with E-state index in [1.165, 1.54) is 15.9 Å². The molecule has 0 atom stereocenters. The maximum atomic E-state index is 12.7. The summed E-state index contributed by atoms with van der Waals surface area (Å²) < 4.78 is 7.15. The van der Waals surface area contributed by atoms with Crippen molar-refractivity contribution in [1.29, 1.82) is 0 Å². The molecule has 2 heterocycles. The Kier molecular flexibility index (Phi) is 3.94. The molecule has 3 aromatic rings. The monoisotopic (exact) mass is 320 g/mol. The molecule has 0 spiro atoms. The quantitative estimate of drug-likeness (QED) is 0.690. The molecule has 108 valence electrons. The summed E-state index contributed by atoms with van der Waals surface area (Å²) in [6.45, 7) is 2.43. The molecule has 0 radical (unpaired) electrons. The van der Waals surface area contributed by atoms with Gasteiger partial charge in [-0.05, 0) is 30.5 Å². The number of hydrogen-bond donors (Lipinski definition) is 0. The topological polar surface area (TPSA) is 44.1 Å². The van der Waals surface area contributed by atoms with Gasteiger partial charge in [0, 0.05) is 0 Å². The van der Waals surface area contributed by atoms with E-state index in [-0.39, 0.29) is 11.4 Å². The second-order valence-electron chi connectivity index (χ2n) is 4.34. The average molecular weight is 321 g/mol. The summed E-state index contributed by atoms with van der Waals surface area (Å²) in [5.41, 5.74) is 0.546. The molecular weight excluding hydrogens is 308 g/mol. The Labute approximate surface area is 130 Å². The second kappa shape index (κ2) is 5.87. The minimum Gasteiger partial charge on any atom is -0.492 e. The number of nitrogens with zero attached hydrogens (tertiary/aromatic N) is 2. The van der Waals surface area contributed by atoms with Crippen molar-refractivity contribution in [3.63, 3.8) is 0 Å². The van der Waals surface area contributed by atoms with Crippen LogP contribution in [0.2, 0.25) is 0 Å². The first-order chi connectivity index (χ1) is 10.3. The van der Waals surface area contributed by atoms with Crippen LogP contribution in [0.4, 0.5) is 0 Å². The van der Waals surface area contributed by atoms with Crippen molar-refractivity contribution in [3.8, 4) is 11.4 Å². The average Bonchev–Trinajstić information content (AvgIpc) is 2.97. The number of rotatable bonds is 4. The standard InChI is InChI=1S/C15H13ClN2O2S/c1-2-20-12-6-4-3-5-11(12)18-13(9-16)17-14-10(15(18)19)7-8-21-14/h3-8H,2,9H2,1H3. The highest BCUT2D eigenvalue weighted by Crippen LogP contribution is 2.25. The molecule has 0 amide bonds. The lowest BCUT2D eigenvalue weighted by Crippen LogP contribution is -2.23. The smallest absolute Gasteiger partial charge is 0.267 e. The Hall–Kier alpha value is -1.85. The predicted octanol–water partition coefficient (Wildman–Crippen LogP) is 3.58. The Morgan fingerprint density at radius 1 is 1.33 bits per heavy atom. The SMILES string of the molecule is CCOc1ccccc1-n1c(CCl)nc2sccc2c1=O. The lowest BCUT2D eigenvalue weighted by molar-refractivity contribution is 0.338. The molecule has 0 aliphatic heterocycles. The molecule has 1 aromatic carbocycles. The summed E-state index contributed by atoms with van der Waals surface area (Å²) >= 11 is 7.43. The summed E-state index contributed by atoms with van der Waals surface area (Å²) in [5.74, 6) is 1.32. The number of hydrogen-bond acceptors (Lipinski definition) is 4. The number of halogens is 1. The molecule has 0 unspecified atom stereocenters. The number of para-hydroxylation sites is 2. The van der Waals surface area contributed by atoms with E-state index in [0.29, 0.717) is 34.1 Å². The van der Waals surface area contributed by atoms with Crippen LogP contribution in [0.1, 0.15) is 12.7 Å². The van der Waals surface area contributed by atoms with E-state index < -0.39 is 0 Å². The molecule has 3 rings (SSSR count). The first-order valence-corrected chi connectivity index (χ1v) is 7.95. The number of thiophene rings is 1. The number of aromatic nitrogens is 2. The molecule has 0 saturated heterocycles. The van der Waals surface area contributed by atoms with Crippen molar-refractivity contribution >= 4 is 33.2 Å². The minimum absolute atomic E-state index is 0.121. The third-order valence-electron chi connectivity index (χ3n) is 3.09. The van der Waals surface area contributed by atoms with Gasteiger partial charge in [-0.25, -0.2) is 4.98 Å². The zero-order valence-electron chi connectivity index (χ0n) is 11.4. The van der Waals surface area contributed by atoms with Crippen molar-refractivity contribution in [1.82, 2.24) is 9.55 Å². The number of alkyl halides is 1. The Bertz CT molecular complexity index is 841. The highest BCUT2D eigenvalue weighted by atomic mass is 35.5. The summed E-state index contributed by atoms with van der Waals surface area (Å²) in [7, 11) is 0. The molecular formula is C15H13ClN2O2S. The molecule has 0 bridgehead atoms. The fourth-order valence-corrected chi connectivity index (χ4v) is 3.17. The van der Waals surface area contributed by atoms with Gasteiger partial charge in [0.15, 0.2) is 0 Å². The molecule has 6 heteroatoms. The van der Waals surface area contributed by atoms with Crippen molar-refractivity contribution in [2.75, 3.05) is 6.61 Å². The zero-order valence-corrected chi connectivity index (χ0v) is 12.9. The van der Waals surface area contributed by atoms with E-state index in [9.17, 15) is 4.79 Å². The first kappa shape index (κ1) is 14.1. The molecule has 0 aliphatic rings. The van der Waals surface area contributed by atoms with Crippen LogP contribution in [0.15, 0.2) is 40.5 Å². The van der Waals surface area contributed by atoms with Crippen molar-refractivity contribution in [2.45, 2.75) is 12.8 Å². The molecule has 0 aliphatic carbocycles. The van der Waals surface area contributed by atoms with E-state index in [1.54, 1.807) is 6.07 Å². The number of benzene rings is 1. The summed E-state index contributed by atoms with van der Waals surface area (Å²) in [6.07, 6.45) is 0. The van der Waals surface area contributed by atoms with E-state index >= 15 is 0 Å². The lowest BCUT2D eigenvalue weighted by Gasteiger charge is -2.14. The van der Waals surface area contributed by atoms with E-state index in [1.807, 2.05) is 36.6 Å². The van der Waals surface area contributed by atoms with Gasteiger partial charge in [0.25, 0.3) is 5.56 Å². The number of ether oxygens (including phenoxy) is 1. The molecule has 21 heavy (non-hydrogen) atoms. The lowest BCUT2D eigenvalue weighted by atomic mass is 10.2.